The largest absolute Gasteiger partial charge is 0.480 e. The lowest BCUT2D eigenvalue weighted by molar-refractivity contribution is -0.384. The highest BCUT2D eigenvalue weighted by molar-refractivity contribution is 6.25. The number of hydrogen-bond acceptors (Lipinski definition) is 7. The summed E-state index contributed by atoms with van der Waals surface area (Å²) in [6.07, 6.45) is -0.104. The number of aryl methyl sites for hydroxylation is 1. The molecule has 2 heterocycles. The molecule has 0 bridgehead atoms. The van der Waals surface area contributed by atoms with Crippen LogP contribution in [0, 0.1) is 28.9 Å². The fraction of sp³-hybridized carbons (Fsp3) is 0.241. The molecule has 0 aromatic heterocycles. The summed E-state index contributed by atoms with van der Waals surface area (Å²) < 4.78 is 0. The predicted octanol–water partition coefficient (Wildman–Crippen LogP) is 3.38. The van der Waals surface area contributed by atoms with Crippen LogP contribution >= 0.6 is 0 Å². The third-order valence-electron chi connectivity index (χ3n) is 7.52. The number of imide groups is 1. The van der Waals surface area contributed by atoms with E-state index < -0.39 is 51.8 Å². The number of nitrogens with one attached hydrogen (secondary N) is 2. The number of amides is 3. The molecule has 40 heavy (non-hydrogen) atoms. The second-order valence-electron chi connectivity index (χ2n) is 10.1. The smallest absolute Gasteiger partial charge is 0.325 e. The number of nitrogens with zero attached hydrogens (tertiary/aromatic N) is 2. The molecule has 3 aromatic rings. The Morgan fingerprint density at radius 1 is 1.05 bits per heavy atom. The molecule has 2 fully saturated rings. The first-order valence-corrected chi connectivity index (χ1v) is 12.6. The van der Waals surface area contributed by atoms with Crippen LogP contribution in [-0.2, 0) is 25.6 Å². The second kappa shape index (κ2) is 10.0. The number of carboxylic acids is 1. The van der Waals surface area contributed by atoms with E-state index in [0.717, 1.165) is 4.90 Å². The van der Waals surface area contributed by atoms with Crippen LogP contribution in [0.3, 0.4) is 0 Å². The van der Waals surface area contributed by atoms with Gasteiger partial charge in [0.15, 0.2) is 0 Å². The molecule has 0 radical (unpaired) electrons. The average molecular weight is 543 g/mol. The van der Waals surface area contributed by atoms with Gasteiger partial charge >= 0.3 is 5.97 Å². The normalized spacial score (nSPS) is 23.6. The van der Waals surface area contributed by atoms with Gasteiger partial charge in [-0.3, -0.25) is 34.6 Å². The first-order chi connectivity index (χ1) is 19.0. The van der Waals surface area contributed by atoms with Crippen LogP contribution in [0.25, 0.3) is 0 Å². The molecular weight excluding hydrogens is 516 g/mol. The third kappa shape index (κ3) is 4.39. The minimum Gasteiger partial charge on any atom is -0.480 e. The lowest BCUT2D eigenvalue weighted by Gasteiger charge is -2.31. The molecule has 0 aliphatic carbocycles. The molecule has 11 heteroatoms. The van der Waals surface area contributed by atoms with Gasteiger partial charge in [-0.05, 0) is 41.8 Å². The molecule has 204 valence electrons. The number of anilines is 2. The SMILES string of the molecule is CC(=O)Nc1ccc([C@@H]2N[C@](Cc3ccccc3)(C(=O)O)[C@H]3C(=O)N(c4ccc(C)cc4[N+](=O)[O-])C(=O)[C@H]23)cc1. The van der Waals surface area contributed by atoms with E-state index in [1.165, 1.54) is 19.1 Å². The third-order valence-corrected chi connectivity index (χ3v) is 7.52. The van der Waals surface area contributed by atoms with Gasteiger partial charge in [0.25, 0.3) is 5.69 Å². The summed E-state index contributed by atoms with van der Waals surface area (Å²) in [6.45, 7) is 3.02. The van der Waals surface area contributed by atoms with E-state index in [1.807, 2.05) is 0 Å². The molecule has 2 aliphatic heterocycles. The Morgan fingerprint density at radius 3 is 2.33 bits per heavy atom. The predicted molar refractivity (Wildman–Crippen MR) is 144 cm³/mol. The van der Waals surface area contributed by atoms with E-state index >= 15 is 0 Å². The molecule has 4 atom stereocenters. The maximum absolute atomic E-state index is 14.1. The van der Waals surface area contributed by atoms with Crippen LogP contribution in [0.15, 0.2) is 72.8 Å². The molecule has 5 rings (SSSR count). The fourth-order valence-corrected chi connectivity index (χ4v) is 5.83. The van der Waals surface area contributed by atoms with Gasteiger partial charge in [-0.2, -0.15) is 0 Å². The van der Waals surface area contributed by atoms with Gasteiger partial charge in [0.2, 0.25) is 17.7 Å². The van der Waals surface area contributed by atoms with E-state index in [9.17, 15) is 34.4 Å². The number of rotatable bonds is 7. The van der Waals surface area contributed by atoms with E-state index in [-0.39, 0.29) is 18.0 Å². The quantitative estimate of drug-likeness (QED) is 0.233. The molecular formula is C29H26N4O7. The number of carbonyl (C=O) groups excluding carboxylic acids is 3. The number of nitro groups is 1. The van der Waals surface area contributed by atoms with Crippen molar-refractivity contribution >= 4 is 40.8 Å². The topological polar surface area (TPSA) is 159 Å². The zero-order valence-electron chi connectivity index (χ0n) is 21.7. The number of fused-ring (bicyclic) bond motifs is 1. The van der Waals surface area contributed by atoms with Crippen LogP contribution in [-0.4, -0.2) is 39.3 Å². The van der Waals surface area contributed by atoms with Crippen LogP contribution in [0.2, 0.25) is 0 Å². The zero-order valence-corrected chi connectivity index (χ0v) is 21.7. The van der Waals surface area contributed by atoms with Gasteiger partial charge in [0.1, 0.15) is 11.2 Å². The number of benzene rings is 3. The summed E-state index contributed by atoms with van der Waals surface area (Å²) in [5, 5.41) is 28.3. The fourth-order valence-electron chi connectivity index (χ4n) is 5.83. The van der Waals surface area contributed by atoms with E-state index in [4.69, 9.17) is 0 Å². The van der Waals surface area contributed by atoms with Crippen molar-refractivity contribution in [2.75, 3.05) is 10.2 Å². The van der Waals surface area contributed by atoms with Gasteiger partial charge < -0.3 is 10.4 Å². The van der Waals surface area contributed by atoms with Crippen LogP contribution in [0.5, 0.6) is 0 Å². The van der Waals surface area contributed by atoms with Gasteiger partial charge in [-0.25, -0.2) is 4.90 Å². The Bertz CT molecular complexity index is 1540. The van der Waals surface area contributed by atoms with Crippen LogP contribution < -0.4 is 15.5 Å². The van der Waals surface area contributed by atoms with Crippen molar-refractivity contribution in [1.29, 1.82) is 0 Å². The summed E-state index contributed by atoms with van der Waals surface area (Å²) in [4.78, 5) is 64.5. The van der Waals surface area contributed by atoms with Crippen molar-refractivity contribution in [2.45, 2.75) is 31.8 Å². The Kier molecular flexibility index (Phi) is 6.68. The Morgan fingerprint density at radius 2 is 1.73 bits per heavy atom. The first kappa shape index (κ1) is 26.7. The molecule has 11 nitrogen and oxygen atoms in total. The van der Waals surface area contributed by atoms with Gasteiger partial charge in [0.05, 0.1) is 16.8 Å². The van der Waals surface area contributed by atoms with Gasteiger partial charge in [-0.1, -0.05) is 48.5 Å². The molecule has 2 saturated heterocycles. The monoisotopic (exact) mass is 542 g/mol. The molecule has 3 aromatic carbocycles. The Balaban J connectivity index is 1.65. The highest BCUT2D eigenvalue weighted by Gasteiger charge is 2.69. The highest BCUT2D eigenvalue weighted by Crippen LogP contribution is 2.52. The van der Waals surface area contributed by atoms with Gasteiger partial charge in [0, 0.05) is 31.1 Å². The van der Waals surface area contributed by atoms with Crippen molar-refractivity contribution < 1.29 is 29.2 Å². The Labute approximate surface area is 229 Å². The Hall–Kier alpha value is -4.90. The van der Waals surface area contributed by atoms with E-state index in [1.54, 1.807) is 67.6 Å². The molecule has 0 spiro atoms. The van der Waals surface area contributed by atoms with Gasteiger partial charge in [-0.15, -0.1) is 0 Å². The maximum atomic E-state index is 14.1. The molecule has 3 amide bonds. The molecule has 2 aliphatic rings. The minimum atomic E-state index is -1.88. The second-order valence-corrected chi connectivity index (χ2v) is 10.1. The highest BCUT2D eigenvalue weighted by atomic mass is 16.6. The average Bonchev–Trinajstić information content (AvgIpc) is 3.38. The lowest BCUT2D eigenvalue weighted by Crippen LogP contribution is -2.57. The minimum absolute atomic E-state index is 0.104. The van der Waals surface area contributed by atoms with Crippen molar-refractivity contribution in [3.05, 3.63) is 99.6 Å². The van der Waals surface area contributed by atoms with Crippen molar-refractivity contribution in [3.8, 4) is 0 Å². The van der Waals surface area contributed by atoms with Crippen molar-refractivity contribution in [2.24, 2.45) is 11.8 Å². The maximum Gasteiger partial charge on any atom is 0.325 e. The molecule has 0 saturated carbocycles. The van der Waals surface area contributed by atoms with E-state index in [2.05, 4.69) is 10.6 Å². The summed E-state index contributed by atoms with van der Waals surface area (Å²) in [5.74, 6) is -5.62. The molecule has 0 unspecified atom stereocenters. The number of aliphatic carboxylic acids is 1. The number of hydrogen-bond donors (Lipinski definition) is 3. The zero-order chi connectivity index (χ0) is 28.8. The van der Waals surface area contributed by atoms with Crippen LogP contribution in [0.4, 0.5) is 17.1 Å². The standard InChI is InChI=1S/C29H26N4O7/c1-16-8-13-21(22(14-16)33(39)40)32-26(35)23-24(27(32)36)29(28(37)38,15-18-6-4-3-5-7-18)31-25(23)19-9-11-20(12-10-19)30-17(2)34/h3-14,23-25,31H,15H2,1-2H3,(H,30,34)(H,37,38)/t23-,24+,25-,29-/m0/s1. The van der Waals surface area contributed by atoms with Crippen molar-refractivity contribution in [1.82, 2.24) is 5.32 Å². The number of carbonyl (C=O) groups is 4. The lowest BCUT2D eigenvalue weighted by atomic mass is 9.76. The van der Waals surface area contributed by atoms with E-state index in [0.29, 0.717) is 22.4 Å². The van der Waals surface area contributed by atoms with Crippen molar-refractivity contribution in [3.63, 3.8) is 0 Å². The molecule has 3 N–H and O–H groups in total. The summed E-state index contributed by atoms with van der Waals surface area (Å²) >= 11 is 0. The first-order valence-electron chi connectivity index (χ1n) is 12.6. The van der Waals surface area contributed by atoms with Crippen LogP contribution in [0.1, 0.15) is 29.7 Å². The number of carboxylic acid groups (broad SMARTS) is 1. The summed E-state index contributed by atoms with van der Waals surface area (Å²) in [5.41, 5.74) is -0.260. The number of nitro benzene ring substituents is 1. The summed E-state index contributed by atoms with van der Waals surface area (Å²) in [7, 11) is 0. The summed E-state index contributed by atoms with van der Waals surface area (Å²) in [6, 6.07) is 18.6.